The van der Waals surface area contributed by atoms with Crippen LogP contribution in [0.2, 0.25) is 0 Å². The van der Waals surface area contributed by atoms with Crippen LogP contribution in [0.5, 0.6) is 0 Å². The van der Waals surface area contributed by atoms with Crippen molar-refractivity contribution in [2.45, 2.75) is 104 Å². The molecule has 2 aromatic carbocycles. The minimum Gasteiger partial charge on any atom is -0.444 e. The fourth-order valence-corrected chi connectivity index (χ4v) is 4.64. The summed E-state index contributed by atoms with van der Waals surface area (Å²) in [6.07, 6.45) is 1.23. The molecule has 7 nitrogen and oxygen atoms in total. The molecule has 1 aliphatic carbocycles. The van der Waals surface area contributed by atoms with E-state index in [9.17, 15) is 14.4 Å². The van der Waals surface area contributed by atoms with Gasteiger partial charge in [0, 0.05) is 18.0 Å². The van der Waals surface area contributed by atoms with Crippen molar-refractivity contribution in [3.8, 4) is 0 Å². The average molecular weight is 522 g/mol. The zero-order chi connectivity index (χ0) is 28.3. The molecule has 7 heteroatoms. The second-order valence-electron chi connectivity index (χ2n) is 12.3. The van der Waals surface area contributed by atoms with E-state index in [1.165, 1.54) is 0 Å². The minimum absolute atomic E-state index is 0.0871. The lowest BCUT2D eigenvalue weighted by Crippen LogP contribution is -2.56. The SMILES string of the molecule is Cc1cccc(C)c1C(C(=O)NC(C)(C)C)N(C(=O)C(Cc1ccccc1)NC(=O)OC(C)(C)C)C1CC1. The number of aryl methyl sites for hydroxylation is 2. The Hall–Kier alpha value is -3.35. The van der Waals surface area contributed by atoms with Crippen LogP contribution in [0.25, 0.3) is 0 Å². The van der Waals surface area contributed by atoms with Crippen molar-refractivity contribution in [1.82, 2.24) is 15.5 Å². The van der Waals surface area contributed by atoms with Gasteiger partial charge in [-0.15, -0.1) is 0 Å². The van der Waals surface area contributed by atoms with Gasteiger partial charge in [-0.3, -0.25) is 9.59 Å². The van der Waals surface area contributed by atoms with Crippen LogP contribution >= 0.6 is 0 Å². The number of hydrogen-bond donors (Lipinski definition) is 2. The second-order valence-corrected chi connectivity index (χ2v) is 12.3. The molecule has 2 atom stereocenters. The van der Waals surface area contributed by atoms with E-state index in [1.54, 1.807) is 25.7 Å². The van der Waals surface area contributed by atoms with Crippen LogP contribution < -0.4 is 10.6 Å². The number of carbonyl (C=O) groups is 3. The van der Waals surface area contributed by atoms with Gasteiger partial charge in [0.05, 0.1) is 0 Å². The van der Waals surface area contributed by atoms with E-state index in [2.05, 4.69) is 10.6 Å². The van der Waals surface area contributed by atoms with Crippen LogP contribution in [0.4, 0.5) is 4.79 Å². The predicted molar refractivity (Wildman–Crippen MR) is 150 cm³/mol. The smallest absolute Gasteiger partial charge is 0.408 e. The van der Waals surface area contributed by atoms with E-state index in [0.717, 1.165) is 35.1 Å². The molecule has 1 saturated carbocycles. The first-order valence-corrected chi connectivity index (χ1v) is 13.4. The number of hydrogen-bond acceptors (Lipinski definition) is 4. The molecular weight excluding hydrogens is 478 g/mol. The third kappa shape index (κ3) is 8.07. The molecule has 3 rings (SSSR count). The number of amides is 3. The third-order valence-electron chi connectivity index (χ3n) is 6.31. The van der Waals surface area contributed by atoms with Crippen molar-refractivity contribution in [3.63, 3.8) is 0 Å². The van der Waals surface area contributed by atoms with Gasteiger partial charge in [0.2, 0.25) is 11.8 Å². The number of carbonyl (C=O) groups excluding carboxylic acids is 3. The molecule has 1 fully saturated rings. The summed E-state index contributed by atoms with van der Waals surface area (Å²) in [6, 6.07) is 13.6. The van der Waals surface area contributed by atoms with Crippen LogP contribution in [0.1, 0.15) is 82.7 Å². The van der Waals surface area contributed by atoms with Crippen molar-refractivity contribution in [2.24, 2.45) is 0 Å². The Labute approximate surface area is 227 Å². The number of nitrogens with zero attached hydrogens (tertiary/aromatic N) is 1. The molecule has 0 aliphatic heterocycles. The van der Waals surface area contributed by atoms with E-state index in [-0.39, 0.29) is 24.3 Å². The summed E-state index contributed by atoms with van der Waals surface area (Å²) >= 11 is 0. The number of ether oxygens (including phenoxy) is 1. The maximum atomic E-state index is 14.4. The summed E-state index contributed by atoms with van der Waals surface area (Å²) in [5.41, 5.74) is 2.41. The Balaban J connectivity index is 2.07. The van der Waals surface area contributed by atoms with Gasteiger partial charge in [-0.25, -0.2) is 4.79 Å². The first-order valence-electron chi connectivity index (χ1n) is 13.4. The van der Waals surface area contributed by atoms with Crippen molar-refractivity contribution >= 4 is 17.9 Å². The lowest BCUT2D eigenvalue weighted by atomic mass is 9.92. The monoisotopic (exact) mass is 521 g/mol. The highest BCUT2D eigenvalue weighted by Crippen LogP contribution is 2.38. The second kappa shape index (κ2) is 11.6. The van der Waals surface area contributed by atoms with Gasteiger partial charge in [0.25, 0.3) is 0 Å². The molecule has 0 bridgehead atoms. The highest BCUT2D eigenvalue weighted by atomic mass is 16.6. The molecule has 2 unspecified atom stereocenters. The lowest BCUT2D eigenvalue weighted by Gasteiger charge is -2.37. The van der Waals surface area contributed by atoms with Crippen molar-refractivity contribution in [1.29, 1.82) is 0 Å². The molecule has 206 valence electrons. The molecule has 0 aromatic heterocycles. The molecule has 0 saturated heterocycles. The van der Waals surface area contributed by atoms with Gasteiger partial charge in [-0.1, -0.05) is 48.5 Å². The van der Waals surface area contributed by atoms with Crippen LogP contribution in [0, 0.1) is 13.8 Å². The van der Waals surface area contributed by atoms with E-state index in [4.69, 9.17) is 4.74 Å². The highest BCUT2D eigenvalue weighted by molar-refractivity contribution is 5.93. The molecule has 2 N–H and O–H groups in total. The largest absolute Gasteiger partial charge is 0.444 e. The number of benzene rings is 2. The fourth-order valence-electron chi connectivity index (χ4n) is 4.64. The Morgan fingerprint density at radius 2 is 1.50 bits per heavy atom. The highest BCUT2D eigenvalue weighted by Gasteiger charge is 2.45. The summed E-state index contributed by atoms with van der Waals surface area (Å²) in [6.45, 7) is 15.1. The molecular formula is C31H43N3O4. The average Bonchev–Trinajstić information content (AvgIpc) is 3.61. The Morgan fingerprint density at radius 1 is 0.921 bits per heavy atom. The Bertz CT molecular complexity index is 1120. The molecule has 1 aliphatic rings. The quantitative estimate of drug-likeness (QED) is 0.488. The first kappa shape index (κ1) is 29.2. The topological polar surface area (TPSA) is 87.7 Å². The van der Waals surface area contributed by atoms with Crippen LogP contribution in [-0.2, 0) is 20.7 Å². The zero-order valence-corrected chi connectivity index (χ0v) is 24.1. The maximum Gasteiger partial charge on any atom is 0.408 e. The number of rotatable bonds is 8. The van der Waals surface area contributed by atoms with Crippen molar-refractivity contribution in [3.05, 3.63) is 70.8 Å². The van der Waals surface area contributed by atoms with Crippen LogP contribution in [-0.4, -0.2) is 46.0 Å². The molecule has 0 heterocycles. The third-order valence-corrected chi connectivity index (χ3v) is 6.31. The standard InChI is InChI=1S/C31H43N3O4/c1-20-13-12-14-21(2)25(20)26(27(35)33-30(3,4)5)34(23-17-18-23)28(36)24(19-22-15-10-9-11-16-22)32-29(37)38-31(6,7)8/h9-16,23-24,26H,17-19H2,1-8H3,(H,32,37)(H,33,35). The summed E-state index contributed by atoms with van der Waals surface area (Å²) in [7, 11) is 0. The molecule has 0 radical (unpaired) electrons. The van der Waals surface area contributed by atoms with Gasteiger partial charge < -0.3 is 20.3 Å². The summed E-state index contributed by atoms with van der Waals surface area (Å²) in [5, 5.41) is 5.93. The van der Waals surface area contributed by atoms with Gasteiger partial charge >= 0.3 is 6.09 Å². The van der Waals surface area contributed by atoms with Crippen molar-refractivity contribution in [2.75, 3.05) is 0 Å². The predicted octanol–water partition coefficient (Wildman–Crippen LogP) is 5.39. The summed E-state index contributed by atoms with van der Waals surface area (Å²) in [5.74, 6) is -0.523. The van der Waals surface area contributed by atoms with E-state index in [1.807, 2.05) is 83.1 Å². The molecule has 0 spiro atoms. The zero-order valence-electron chi connectivity index (χ0n) is 24.1. The van der Waals surface area contributed by atoms with E-state index in [0.29, 0.717) is 0 Å². The molecule has 38 heavy (non-hydrogen) atoms. The lowest BCUT2D eigenvalue weighted by molar-refractivity contribution is -0.143. The Morgan fingerprint density at radius 3 is 2.00 bits per heavy atom. The van der Waals surface area contributed by atoms with Crippen LogP contribution in [0.15, 0.2) is 48.5 Å². The fraction of sp³-hybridized carbons (Fsp3) is 0.516. The molecule has 2 aromatic rings. The summed E-state index contributed by atoms with van der Waals surface area (Å²) in [4.78, 5) is 42.9. The Kier molecular flexibility index (Phi) is 8.90. The normalized spacial score (nSPS) is 15.3. The van der Waals surface area contributed by atoms with Gasteiger partial charge in [-0.05, 0) is 90.5 Å². The van der Waals surface area contributed by atoms with Gasteiger partial charge in [-0.2, -0.15) is 0 Å². The van der Waals surface area contributed by atoms with Crippen molar-refractivity contribution < 1.29 is 19.1 Å². The summed E-state index contributed by atoms with van der Waals surface area (Å²) < 4.78 is 5.51. The van der Waals surface area contributed by atoms with Gasteiger partial charge in [0.15, 0.2) is 0 Å². The first-order chi connectivity index (χ1) is 17.7. The van der Waals surface area contributed by atoms with E-state index < -0.39 is 29.3 Å². The number of alkyl carbamates (subject to hydrolysis) is 1. The van der Waals surface area contributed by atoms with E-state index >= 15 is 0 Å². The van der Waals surface area contributed by atoms with Crippen LogP contribution in [0.3, 0.4) is 0 Å². The molecule has 3 amide bonds. The number of nitrogens with one attached hydrogen (secondary N) is 2. The maximum absolute atomic E-state index is 14.4. The minimum atomic E-state index is -0.901. The van der Waals surface area contributed by atoms with Gasteiger partial charge in [0.1, 0.15) is 17.7 Å².